The first-order chi connectivity index (χ1) is 24.6. The largest absolute Gasteiger partial charge is 0.478 e. The first kappa shape index (κ1) is 38.1. The Kier molecular flexibility index (Phi) is 11.0. The number of aromatic carboxylic acids is 1. The summed E-state index contributed by atoms with van der Waals surface area (Å²) in [7, 11) is -9.56. The van der Waals surface area contributed by atoms with Crippen LogP contribution in [0.1, 0.15) is 90.1 Å². The standard InChI is InChI=1S/C33H34ClN4O11PS2/c1-18-22(30-23-12-20(34)5-4-19(23)8-11-47-30)13-27(51-18)29(39)24-14-36-17-37-31(24)38-26-7-6-21(32(40)41)28(25(26)15-48-50(42,43)44)33(9-2-3-10-33)16-49-52(35,45)46/h4-7,12-14,17,30H,2-3,8-11,15-16H2,1H3,(H,40,41)(H2,35,45,46)(H,36,37,38)(H2,42,43,44)/t30-/m0/s1. The summed E-state index contributed by atoms with van der Waals surface area (Å²) in [6.45, 7) is 1.05. The minimum absolute atomic E-state index is 0.00589. The number of halogens is 1. The Bertz CT molecular complexity index is 2200. The van der Waals surface area contributed by atoms with Gasteiger partial charge in [-0.25, -0.2) is 24.5 Å². The number of carbonyl (C=O) groups excluding carboxylic acids is 1. The van der Waals surface area contributed by atoms with E-state index in [1.165, 1.54) is 36.0 Å². The molecule has 19 heteroatoms. The maximum atomic E-state index is 14.1. The summed E-state index contributed by atoms with van der Waals surface area (Å²) in [5.41, 5.74) is 1.49. The van der Waals surface area contributed by atoms with Crippen LogP contribution in [0.4, 0.5) is 11.5 Å². The van der Waals surface area contributed by atoms with Gasteiger partial charge in [-0.05, 0) is 78.8 Å². The van der Waals surface area contributed by atoms with Crippen molar-refractivity contribution >= 4 is 64.3 Å². The number of nitrogens with one attached hydrogen (secondary N) is 1. The first-order valence-corrected chi connectivity index (χ1v) is 20.1. The van der Waals surface area contributed by atoms with Crippen LogP contribution in [0.3, 0.4) is 0 Å². The highest BCUT2D eigenvalue weighted by Crippen LogP contribution is 2.48. The number of ketones is 1. The number of carboxylic acid groups (broad SMARTS) is 1. The molecule has 1 aliphatic carbocycles. The third-order valence-corrected chi connectivity index (χ3v) is 11.4. The van der Waals surface area contributed by atoms with Crippen molar-refractivity contribution in [2.24, 2.45) is 5.14 Å². The Morgan fingerprint density at radius 3 is 2.60 bits per heavy atom. The molecule has 4 aromatic rings. The topological polar surface area (TPSA) is 238 Å². The highest BCUT2D eigenvalue weighted by molar-refractivity contribution is 7.84. The number of fused-ring (bicyclic) bond motifs is 1. The maximum absolute atomic E-state index is 14.1. The van der Waals surface area contributed by atoms with Crippen molar-refractivity contribution in [1.29, 1.82) is 0 Å². The van der Waals surface area contributed by atoms with Gasteiger partial charge in [0.2, 0.25) is 5.78 Å². The molecule has 3 heterocycles. The molecule has 276 valence electrons. The molecule has 1 fully saturated rings. The predicted octanol–water partition coefficient (Wildman–Crippen LogP) is 5.48. The Morgan fingerprint density at radius 1 is 1.15 bits per heavy atom. The zero-order valence-corrected chi connectivity index (χ0v) is 30.9. The van der Waals surface area contributed by atoms with E-state index in [1.807, 2.05) is 25.1 Å². The van der Waals surface area contributed by atoms with E-state index >= 15 is 0 Å². The minimum Gasteiger partial charge on any atom is -0.478 e. The zero-order chi connectivity index (χ0) is 37.4. The molecule has 0 bridgehead atoms. The van der Waals surface area contributed by atoms with Gasteiger partial charge in [-0.15, -0.1) is 11.3 Å². The van der Waals surface area contributed by atoms with Crippen molar-refractivity contribution in [2.45, 2.75) is 57.2 Å². The Hall–Kier alpha value is -3.61. The lowest BCUT2D eigenvalue weighted by atomic mass is 9.74. The number of hydrogen-bond acceptors (Lipinski definition) is 12. The number of thiophene rings is 1. The average Bonchev–Trinajstić information content (AvgIpc) is 3.73. The second-order valence-electron chi connectivity index (χ2n) is 12.5. The number of ether oxygens (including phenoxy) is 1. The van der Waals surface area contributed by atoms with Crippen LogP contribution in [0.15, 0.2) is 48.9 Å². The van der Waals surface area contributed by atoms with Crippen LogP contribution in [0, 0.1) is 6.92 Å². The summed E-state index contributed by atoms with van der Waals surface area (Å²) in [6.07, 6.45) is 4.48. The molecule has 2 aliphatic rings. The van der Waals surface area contributed by atoms with Crippen LogP contribution >= 0.6 is 30.8 Å². The molecule has 1 aliphatic heterocycles. The van der Waals surface area contributed by atoms with Crippen LogP contribution in [-0.4, -0.2) is 58.2 Å². The van der Waals surface area contributed by atoms with Gasteiger partial charge in [-0.3, -0.25) is 13.5 Å². The number of aromatic nitrogens is 2. The number of nitrogens with two attached hydrogens (primary N) is 1. The van der Waals surface area contributed by atoms with Crippen molar-refractivity contribution in [3.63, 3.8) is 0 Å². The predicted molar refractivity (Wildman–Crippen MR) is 190 cm³/mol. The molecule has 0 radical (unpaired) electrons. The summed E-state index contributed by atoms with van der Waals surface area (Å²) >= 11 is 7.57. The molecular weight excluding hydrogens is 759 g/mol. The number of benzene rings is 2. The summed E-state index contributed by atoms with van der Waals surface area (Å²) in [6, 6.07) is 10.0. The van der Waals surface area contributed by atoms with Crippen molar-refractivity contribution in [1.82, 2.24) is 9.97 Å². The number of carboxylic acids is 1. The van der Waals surface area contributed by atoms with E-state index in [4.69, 9.17) is 30.2 Å². The smallest absolute Gasteiger partial charge is 0.469 e. The van der Waals surface area contributed by atoms with Gasteiger partial charge < -0.3 is 24.9 Å². The van der Waals surface area contributed by atoms with E-state index in [-0.39, 0.29) is 46.6 Å². The molecule has 0 amide bonds. The fourth-order valence-electron chi connectivity index (χ4n) is 6.96. The third-order valence-electron chi connectivity index (χ3n) is 9.23. The lowest BCUT2D eigenvalue weighted by molar-refractivity contribution is 0.0690. The van der Waals surface area contributed by atoms with E-state index in [0.717, 1.165) is 28.0 Å². The lowest BCUT2D eigenvalue weighted by Gasteiger charge is -2.33. The fourth-order valence-corrected chi connectivity index (χ4v) is 8.83. The Labute approximate surface area is 307 Å². The highest BCUT2D eigenvalue weighted by Gasteiger charge is 2.43. The SMILES string of the molecule is Cc1sc(C(=O)c2cncnc2Nc2ccc(C(=O)O)c(C3(COS(N)(=O)=O)CCCC3)c2COP(=O)(O)O)cc1[C@@H]1OCCc2ccc(Cl)cc21. The maximum Gasteiger partial charge on any atom is 0.469 e. The number of phosphoric acid groups is 1. The van der Waals surface area contributed by atoms with Crippen LogP contribution in [-0.2, 0) is 46.8 Å². The average molecular weight is 793 g/mol. The van der Waals surface area contributed by atoms with Crippen molar-refractivity contribution in [3.05, 3.63) is 103 Å². The molecule has 0 spiro atoms. The minimum atomic E-state index is -5.11. The highest BCUT2D eigenvalue weighted by atomic mass is 35.5. The van der Waals surface area contributed by atoms with E-state index in [9.17, 15) is 37.5 Å². The number of phosphoric ester groups is 1. The number of aryl methyl sites for hydroxylation is 1. The summed E-state index contributed by atoms with van der Waals surface area (Å²) in [4.78, 5) is 55.6. The lowest BCUT2D eigenvalue weighted by Crippen LogP contribution is -2.35. The third kappa shape index (κ3) is 8.29. The Balaban J connectivity index is 1.42. The van der Waals surface area contributed by atoms with Crippen LogP contribution in [0.2, 0.25) is 5.02 Å². The van der Waals surface area contributed by atoms with Crippen molar-refractivity contribution < 1.29 is 50.9 Å². The Morgan fingerprint density at radius 2 is 1.90 bits per heavy atom. The molecule has 6 N–H and O–H groups in total. The molecule has 1 saturated carbocycles. The summed E-state index contributed by atoms with van der Waals surface area (Å²) in [5.74, 6) is -1.81. The molecule has 1 atom stereocenters. The zero-order valence-electron chi connectivity index (χ0n) is 27.6. The molecule has 52 heavy (non-hydrogen) atoms. The van der Waals surface area contributed by atoms with Crippen LogP contribution < -0.4 is 10.5 Å². The van der Waals surface area contributed by atoms with Gasteiger partial charge in [0, 0.05) is 32.8 Å². The van der Waals surface area contributed by atoms with Gasteiger partial charge in [0.25, 0.3) is 0 Å². The van der Waals surface area contributed by atoms with Crippen molar-refractivity contribution in [2.75, 3.05) is 18.5 Å². The molecule has 6 rings (SSSR count). The number of hydrogen-bond donors (Lipinski definition) is 5. The second-order valence-corrected chi connectivity index (χ2v) is 16.7. The van der Waals surface area contributed by atoms with Gasteiger partial charge in [-0.2, -0.15) is 8.42 Å². The second kappa shape index (κ2) is 15.0. The summed E-state index contributed by atoms with van der Waals surface area (Å²) in [5, 5.41) is 19.0. The van der Waals surface area contributed by atoms with Gasteiger partial charge >= 0.3 is 24.1 Å². The van der Waals surface area contributed by atoms with Gasteiger partial charge in [0.1, 0.15) is 18.2 Å². The molecule has 2 aromatic heterocycles. The van der Waals surface area contributed by atoms with E-state index < -0.39 is 54.6 Å². The molecule has 2 aromatic carbocycles. The molecule has 0 saturated heterocycles. The number of anilines is 2. The molecule has 0 unspecified atom stereocenters. The monoisotopic (exact) mass is 792 g/mol. The van der Waals surface area contributed by atoms with Gasteiger partial charge in [0.15, 0.2) is 0 Å². The summed E-state index contributed by atoms with van der Waals surface area (Å²) < 4.78 is 51.7. The van der Waals surface area contributed by atoms with Gasteiger partial charge in [-0.1, -0.05) is 30.5 Å². The van der Waals surface area contributed by atoms with Crippen LogP contribution in [0.5, 0.6) is 0 Å². The van der Waals surface area contributed by atoms with E-state index in [0.29, 0.717) is 29.3 Å². The molecular formula is C33H34ClN4O11PS2. The fraction of sp³-hybridized carbons (Fsp3) is 0.333. The number of rotatable bonds is 13. The van der Waals surface area contributed by atoms with E-state index in [2.05, 4.69) is 15.3 Å². The quantitative estimate of drug-likeness (QED) is 0.0833. The number of nitrogens with zero attached hydrogens (tertiary/aromatic N) is 2. The van der Waals surface area contributed by atoms with Crippen LogP contribution in [0.25, 0.3) is 0 Å². The number of carbonyl (C=O) groups is 2. The van der Waals surface area contributed by atoms with Gasteiger partial charge in [0.05, 0.1) is 35.8 Å². The normalized spacial score (nSPS) is 17.1. The molecule has 15 nitrogen and oxygen atoms in total. The first-order valence-electron chi connectivity index (χ1n) is 15.9. The van der Waals surface area contributed by atoms with Crippen molar-refractivity contribution in [3.8, 4) is 0 Å². The van der Waals surface area contributed by atoms with E-state index in [1.54, 1.807) is 6.07 Å².